The molecule has 0 aliphatic heterocycles. The van der Waals surface area contributed by atoms with Crippen molar-refractivity contribution in [1.29, 1.82) is 0 Å². The fraction of sp³-hybridized carbons (Fsp3) is 0. The zero-order valence-corrected chi connectivity index (χ0v) is 20.7. The Kier molecular flexibility index (Phi) is 732. The minimum atomic E-state index is 0. The van der Waals surface area contributed by atoms with Crippen molar-refractivity contribution in [2.75, 3.05) is 0 Å². The summed E-state index contributed by atoms with van der Waals surface area (Å²) in [5.41, 5.74) is 0. The van der Waals surface area contributed by atoms with E-state index in [1.165, 1.54) is 0 Å². The molecule has 0 fully saturated rings. The van der Waals surface area contributed by atoms with Crippen LogP contribution < -0.4 is 210 Å². The number of hydrogen-bond acceptors (Lipinski definition) is 0. The van der Waals surface area contributed by atoms with E-state index >= 15 is 0 Å². The van der Waals surface area contributed by atoms with E-state index in [0.717, 1.165) is 0 Å². The normalized spacial score (nSPS) is 0. The molecule has 0 aromatic heterocycles. The van der Waals surface area contributed by atoms with E-state index in [1.807, 2.05) is 0 Å². The van der Waals surface area contributed by atoms with Crippen LogP contribution in [0.3, 0.4) is 0 Å². The van der Waals surface area contributed by atoms with Crippen LogP contribution in [0.2, 0.25) is 0 Å². The maximum Gasteiger partial charge on any atom is 1.00 e. The molecular formula is Cl5Na5. The Morgan fingerprint density at radius 2 is 0.200 bits per heavy atom. The molecule has 0 heterocycles. The molecule has 0 saturated carbocycles. The molecule has 0 nitrogen and oxygen atoms in total. The summed E-state index contributed by atoms with van der Waals surface area (Å²) in [5.74, 6) is 0. The summed E-state index contributed by atoms with van der Waals surface area (Å²) >= 11 is 0. The molecule has 0 spiro atoms. The number of rotatable bonds is 0. The molecule has 0 aliphatic rings. The molecule has 0 radical (unpaired) electrons. The summed E-state index contributed by atoms with van der Waals surface area (Å²) in [6, 6.07) is 0. The van der Waals surface area contributed by atoms with Crippen LogP contribution in [0.25, 0.3) is 0 Å². The zero-order chi connectivity index (χ0) is 0. The largest absolute Gasteiger partial charge is 1.00 e. The van der Waals surface area contributed by atoms with Crippen LogP contribution in [-0.4, -0.2) is 0 Å². The molecule has 0 unspecified atom stereocenters. The Bertz CT molecular complexity index is 10.0. The van der Waals surface area contributed by atoms with Crippen molar-refractivity contribution in [3.8, 4) is 0 Å². The summed E-state index contributed by atoms with van der Waals surface area (Å²) in [5, 5.41) is 0. The van der Waals surface area contributed by atoms with Gasteiger partial charge >= 0.3 is 148 Å². The third-order valence-corrected chi connectivity index (χ3v) is 0. The van der Waals surface area contributed by atoms with Gasteiger partial charge in [0.2, 0.25) is 0 Å². The van der Waals surface area contributed by atoms with Gasteiger partial charge in [-0.25, -0.2) is 0 Å². The van der Waals surface area contributed by atoms with Gasteiger partial charge in [0, 0.05) is 0 Å². The van der Waals surface area contributed by atoms with Gasteiger partial charge in [0.15, 0.2) is 0 Å². The smallest absolute Gasteiger partial charge is 1.00 e. The molecule has 0 bridgehead atoms. The summed E-state index contributed by atoms with van der Waals surface area (Å²) < 4.78 is 0. The first-order valence-electron chi connectivity index (χ1n) is 0. The van der Waals surface area contributed by atoms with Crippen LogP contribution in [0.5, 0.6) is 0 Å². The average Bonchev–Trinajstić information content (AvgIpc) is 0. The van der Waals surface area contributed by atoms with Crippen LogP contribution in [0.15, 0.2) is 0 Å². The van der Waals surface area contributed by atoms with E-state index in [0.29, 0.717) is 0 Å². The van der Waals surface area contributed by atoms with Crippen molar-refractivity contribution in [3.05, 3.63) is 0 Å². The fourth-order valence-electron chi connectivity index (χ4n) is 0. The second-order valence-corrected chi connectivity index (χ2v) is 0. The van der Waals surface area contributed by atoms with Gasteiger partial charge in [0.05, 0.1) is 0 Å². The summed E-state index contributed by atoms with van der Waals surface area (Å²) in [4.78, 5) is 0. The second-order valence-electron chi connectivity index (χ2n) is 0. The van der Waals surface area contributed by atoms with Gasteiger partial charge in [-0.3, -0.25) is 0 Å². The van der Waals surface area contributed by atoms with Gasteiger partial charge in [-0.05, 0) is 0 Å². The molecule has 0 aromatic rings. The van der Waals surface area contributed by atoms with Crippen molar-refractivity contribution < 1.29 is 210 Å². The molecule has 0 aromatic carbocycles. The van der Waals surface area contributed by atoms with Crippen molar-refractivity contribution in [2.45, 2.75) is 0 Å². The summed E-state index contributed by atoms with van der Waals surface area (Å²) in [6.07, 6.45) is 0. The van der Waals surface area contributed by atoms with E-state index in [-0.39, 0.29) is 210 Å². The van der Waals surface area contributed by atoms with E-state index in [9.17, 15) is 0 Å². The number of halogens is 5. The van der Waals surface area contributed by atoms with Crippen LogP contribution in [-0.2, 0) is 0 Å². The maximum atomic E-state index is 0. The second kappa shape index (κ2) is 77.5. The first-order valence-corrected chi connectivity index (χ1v) is 0. The van der Waals surface area contributed by atoms with Gasteiger partial charge < -0.3 is 62.0 Å². The van der Waals surface area contributed by atoms with E-state index in [4.69, 9.17) is 0 Å². The van der Waals surface area contributed by atoms with Gasteiger partial charge in [-0.1, -0.05) is 0 Å². The average molecular weight is 292 g/mol. The minimum absolute atomic E-state index is 0. The fourth-order valence-corrected chi connectivity index (χ4v) is 0. The molecule has 0 amide bonds. The molecule has 0 aliphatic carbocycles. The summed E-state index contributed by atoms with van der Waals surface area (Å²) in [7, 11) is 0. The SMILES string of the molecule is [Cl-].[Cl-].[Cl-].[Cl-].[Cl-].[Na+].[Na+].[Na+].[Na+].[Na+]. The molecular weight excluding hydrogens is 292 g/mol. The van der Waals surface area contributed by atoms with Gasteiger partial charge in [-0.2, -0.15) is 0 Å². The van der Waals surface area contributed by atoms with E-state index in [1.54, 1.807) is 0 Å². The van der Waals surface area contributed by atoms with Crippen molar-refractivity contribution in [1.82, 2.24) is 0 Å². The monoisotopic (exact) mass is 290 g/mol. The van der Waals surface area contributed by atoms with Gasteiger partial charge in [0.1, 0.15) is 0 Å². The van der Waals surface area contributed by atoms with Crippen LogP contribution >= 0.6 is 0 Å². The maximum absolute atomic E-state index is 0. The van der Waals surface area contributed by atoms with Gasteiger partial charge in [-0.15, -0.1) is 0 Å². The molecule has 10 heteroatoms. The topological polar surface area (TPSA) is 0 Å². The molecule has 0 N–H and O–H groups in total. The van der Waals surface area contributed by atoms with E-state index in [2.05, 4.69) is 0 Å². The molecule has 0 rings (SSSR count). The van der Waals surface area contributed by atoms with Crippen molar-refractivity contribution >= 4 is 0 Å². The van der Waals surface area contributed by atoms with Crippen molar-refractivity contribution in [3.63, 3.8) is 0 Å². The Morgan fingerprint density at radius 1 is 0.200 bits per heavy atom. The summed E-state index contributed by atoms with van der Waals surface area (Å²) in [6.45, 7) is 0. The van der Waals surface area contributed by atoms with Crippen LogP contribution in [0.1, 0.15) is 0 Å². The standard InChI is InChI=1S/5ClH.5Na/h5*1H;;;;;/q;;;;;5*+1/p-5. The van der Waals surface area contributed by atoms with Crippen LogP contribution in [0.4, 0.5) is 0 Å². The minimum Gasteiger partial charge on any atom is -1.00 e. The predicted molar refractivity (Wildman–Crippen MR) is 0 cm³/mol. The van der Waals surface area contributed by atoms with Gasteiger partial charge in [0.25, 0.3) is 0 Å². The molecule has 10 heavy (non-hydrogen) atoms. The zero-order valence-electron chi connectivity index (χ0n) is 6.89. The molecule has 0 saturated heterocycles. The van der Waals surface area contributed by atoms with Crippen molar-refractivity contribution in [2.24, 2.45) is 0 Å². The Labute approximate surface area is 204 Å². The third kappa shape index (κ3) is 62.8. The van der Waals surface area contributed by atoms with E-state index < -0.39 is 0 Å². The first kappa shape index (κ1) is 94.4. The predicted octanol–water partition coefficient (Wildman–Crippen LogP) is -30.0. The Morgan fingerprint density at radius 3 is 0.200 bits per heavy atom. The first-order chi connectivity index (χ1) is 0. The van der Waals surface area contributed by atoms with Crippen LogP contribution in [0, 0.1) is 0 Å². The molecule has 40 valence electrons. The Hall–Kier alpha value is 6.45. The quantitative estimate of drug-likeness (QED) is 0.389. The Balaban J connectivity index is 0. The third-order valence-electron chi connectivity index (χ3n) is 0. The number of hydrogen-bond donors (Lipinski definition) is 0. The molecule has 0 atom stereocenters.